The van der Waals surface area contributed by atoms with Gasteiger partial charge in [0.05, 0.1) is 24.0 Å². The third-order valence-electron chi connectivity index (χ3n) is 3.02. The van der Waals surface area contributed by atoms with E-state index in [2.05, 4.69) is 0 Å². The van der Waals surface area contributed by atoms with Crippen molar-refractivity contribution in [1.29, 1.82) is 0 Å². The third kappa shape index (κ3) is 2.56. The Hall–Kier alpha value is -0.170. The van der Waals surface area contributed by atoms with Crippen LogP contribution >= 0.6 is 0 Å². The standard InChI is InChI=1S/C10H22N2O3S/c1-4-9(7-11)16(13,14)12-5-6-15-8-10(12,2)3/h9H,4-8,11H2,1-3H3. The zero-order valence-electron chi connectivity index (χ0n) is 10.3. The van der Waals surface area contributed by atoms with Crippen LogP contribution in [0.2, 0.25) is 0 Å². The highest BCUT2D eigenvalue weighted by atomic mass is 32.2. The molecule has 1 fully saturated rings. The molecule has 5 nitrogen and oxygen atoms in total. The van der Waals surface area contributed by atoms with E-state index in [1.54, 1.807) is 4.31 Å². The molecule has 0 amide bonds. The molecule has 1 aliphatic heterocycles. The lowest BCUT2D eigenvalue weighted by Gasteiger charge is -2.42. The summed E-state index contributed by atoms with van der Waals surface area (Å²) < 4.78 is 31.6. The van der Waals surface area contributed by atoms with E-state index in [4.69, 9.17) is 10.5 Å². The summed E-state index contributed by atoms with van der Waals surface area (Å²) in [5.74, 6) is 0. The van der Waals surface area contributed by atoms with Crippen molar-refractivity contribution in [3.63, 3.8) is 0 Å². The van der Waals surface area contributed by atoms with Gasteiger partial charge in [-0.3, -0.25) is 0 Å². The van der Waals surface area contributed by atoms with Gasteiger partial charge in [0, 0.05) is 13.1 Å². The van der Waals surface area contributed by atoms with Gasteiger partial charge in [-0.2, -0.15) is 4.31 Å². The molecule has 0 aliphatic carbocycles. The van der Waals surface area contributed by atoms with Gasteiger partial charge in [-0.25, -0.2) is 8.42 Å². The number of sulfonamides is 1. The van der Waals surface area contributed by atoms with Crippen LogP contribution in [0.4, 0.5) is 0 Å². The van der Waals surface area contributed by atoms with Crippen molar-refractivity contribution >= 4 is 10.0 Å². The fourth-order valence-electron chi connectivity index (χ4n) is 1.99. The summed E-state index contributed by atoms with van der Waals surface area (Å²) in [5.41, 5.74) is 5.06. The van der Waals surface area contributed by atoms with Crippen LogP contribution in [0.1, 0.15) is 27.2 Å². The lowest BCUT2D eigenvalue weighted by atomic mass is 10.1. The van der Waals surface area contributed by atoms with Crippen LogP contribution in [0, 0.1) is 0 Å². The maximum absolute atomic E-state index is 12.4. The van der Waals surface area contributed by atoms with Crippen molar-refractivity contribution in [2.45, 2.75) is 38.0 Å². The summed E-state index contributed by atoms with van der Waals surface area (Å²) >= 11 is 0. The second-order valence-electron chi connectivity index (χ2n) is 4.75. The van der Waals surface area contributed by atoms with E-state index in [1.807, 2.05) is 20.8 Å². The van der Waals surface area contributed by atoms with Crippen molar-refractivity contribution in [2.24, 2.45) is 5.73 Å². The maximum Gasteiger partial charge on any atom is 0.218 e. The quantitative estimate of drug-likeness (QED) is 0.771. The third-order valence-corrected chi connectivity index (χ3v) is 5.68. The molecular formula is C10H22N2O3S. The molecule has 1 saturated heterocycles. The Bertz CT molecular complexity index is 323. The van der Waals surface area contributed by atoms with Crippen molar-refractivity contribution < 1.29 is 13.2 Å². The smallest absolute Gasteiger partial charge is 0.218 e. The first kappa shape index (κ1) is 13.9. The molecule has 16 heavy (non-hydrogen) atoms. The minimum atomic E-state index is -3.30. The molecule has 1 heterocycles. The molecule has 0 radical (unpaired) electrons. The molecule has 0 saturated carbocycles. The Labute approximate surface area is 98.0 Å². The number of nitrogens with two attached hydrogens (primary N) is 1. The molecule has 96 valence electrons. The number of rotatable bonds is 4. The van der Waals surface area contributed by atoms with Gasteiger partial charge in [0.15, 0.2) is 0 Å². The summed E-state index contributed by atoms with van der Waals surface area (Å²) in [7, 11) is -3.30. The van der Waals surface area contributed by atoms with Gasteiger partial charge in [0.25, 0.3) is 0 Å². The van der Waals surface area contributed by atoms with E-state index < -0.39 is 20.8 Å². The second kappa shape index (κ2) is 5.00. The van der Waals surface area contributed by atoms with Crippen LogP contribution in [0.3, 0.4) is 0 Å². The normalized spacial score (nSPS) is 24.2. The topological polar surface area (TPSA) is 72.6 Å². The van der Waals surface area contributed by atoms with E-state index in [9.17, 15) is 8.42 Å². The first-order valence-electron chi connectivity index (χ1n) is 5.65. The molecule has 1 aliphatic rings. The Kier molecular flexibility index (Phi) is 4.34. The van der Waals surface area contributed by atoms with Gasteiger partial charge in [-0.1, -0.05) is 6.92 Å². The summed E-state index contributed by atoms with van der Waals surface area (Å²) in [5, 5.41) is -0.482. The fraction of sp³-hybridized carbons (Fsp3) is 1.00. The molecule has 6 heteroatoms. The SMILES string of the molecule is CCC(CN)S(=O)(=O)N1CCOCC1(C)C. The van der Waals surface area contributed by atoms with Crippen LogP contribution in [-0.2, 0) is 14.8 Å². The Morgan fingerprint density at radius 2 is 2.12 bits per heavy atom. The average Bonchev–Trinajstić information content (AvgIpc) is 2.17. The molecule has 0 aromatic rings. The second-order valence-corrected chi connectivity index (χ2v) is 6.89. The van der Waals surface area contributed by atoms with Crippen LogP contribution in [-0.4, -0.2) is 49.8 Å². The first-order valence-corrected chi connectivity index (χ1v) is 7.16. The first-order chi connectivity index (χ1) is 7.36. The number of nitrogens with zero attached hydrogens (tertiary/aromatic N) is 1. The number of morpholine rings is 1. The molecular weight excluding hydrogens is 228 g/mol. The van der Waals surface area contributed by atoms with Crippen molar-refractivity contribution in [2.75, 3.05) is 26.3 Å². The largest absolute Gasteiger partial charge is 0.378 e. The number of hydrogen-bond acceptors (Lipinski definition) is 4. The molecule has 0 spiro atoms. The molecule has 2 N–H and O–H groups in total. The van der Waals surface area contributed by atoms with Crippen LogP contribution in [0.15, 0.2) is 0 Å². The van der Waals surface area contributed by atoms with E-state index in [0.29, 0.717) is 26.2 Å². The van der Waals surface area contributed by atoms with Gasteiger partial charge in [-0.05, 0) is 20.3 Å². The fourth-order valence-corrected chi connectivity index (χ4v) is 4.09. The van der Waals surface area contributed by atoms with Crippen molar-refractivity contribution in [3.8, 4) is 0 Å². The number of ether oxygens (including phenoxy) is 1. The van der Waals surface area contributed by atoms with E-state index in [0.717, 1.165) is 0 Å². The predicted octanol–water partition coefficient (Wildman–Crippen LogP) is 0.164. The minimum absolute atomic E-state index is 0.173. The highest BCUT2D eigenvalue weighted by Gasteiger charge is 2.41. The summed E-state index contributed by atoms with van der Waals surface area (Å²) in [6.07, 6.45) is 0.548. The minimum Gasteiger partial charge on any atom is -0.378 e. The molecule has 1 rings (SSSR count). The van der Waals surface area contributed by atoms with Crippen molar-refractivity contribution in [1.82, 2.24) is 4.31 Å². The van der Waals surface area contributed by atoms with Crippen LogP contribution in [0.5, 0.6) is 0 Å². The number of hydrogen-bond donors (Lipinski definition) is 1. The molecule has 1 unspecified atom stereocenters. The molecule has 1 atom stereocenters. The van der Waals surface area contributed by atoms with Crippen molar-refractivity contribution in [3.05, 3.63) is 0 Å². The molecule has 0 aromatic carbocycles. The average molecular weight is 250 g/mol. The maximum atomic E-state index is 12.4. The van der Waals surface area contributed by atoms with Crippen LogP contribution in [0.25, 0.3) is 0 Å². The zero-order chi connectivity index (χ0) is 12.4. The summed E-state index contributed by atoms with van der Waals surface area (Å²) in [4.78, 5) is 0. The Morgan fingerprint density at radius 1 is 1.50 bits per heavy atom. The van der Waals surface area contributed by atoms with Crippen LogP contribution < -0.4 is 5.73 Å². The van der Waals surface area contributed by atoms with Gasteiger partial charge < -0.3 is 10.5 Å². The highest BCUT2D eigenvalue weighted by molar-refractivity contribution is 7.89. The summed E-state index contributed by atoms with van der Waals surface area (Å²) in [6.45, 7) is 7.11. The van der Waals surface area contributed by atoms with Gasteiger partial charge >= 0.3 is 0 Å². The summed E-state index contributed by atoms with van der Waals surface area (Å²) in [6, 6.07) is 0. The Morgan fingerprint density at radius 3 is 2.56 bits per heavy atom. The van der Waals surface area contributed by atoms with Gasteiger partial charge in [0.2, 0.25) is 10.0 Å². The zero-order valence-corrected chi connectivity index (χ0v) is 11.1. The monoisotopic (exact) mass is 250 g/mol. The predicted molar refractivity (Wildman–Crippen MR) is 63.7 cm³/mol. The van der Waals surface area contributed by atoms with E-state index in [-0.39, 0.29) is 6.54 Å². The van der Waals surface area contributed by atoms with Gasteiger partial charge in [0.1, 0.15) is 0 Å². The van der Waals surface area contributed by atoms with E-state index >= 15 is 0 Å². The Balaban J connectivity index is 2.97. The highest BCUT2D eigenvalue weighted by Crippen LogP contribution is 2.25. The lowest BCUT2D eigenvalue weighted by Crippen LogP contribution is -2.58. The molecule has 0 bridgehead atoms. The van der Waals surface area contributed by atoms with E-state index in [1.165, 1.54) is 0 Å². The van der Waals surface area contributed by atoms with Gasteiger partial charge in [-0.15, -0.1) is 0 Å². The molecule has 0 aromatic heterocycles. The lowest BCUT2D eigenvalue weighted by molar-refractivity contribution is -0.00815.